The maximum atomic E-state index is 12.6. The van der Waals surface area contributed by atoms with E-state index in [1.165, 1.54) is 0 Å². The number of hydrogen-bond acceptors (Lipinski definition) is 4. The maximum Gasteiger partial charge on any atom is 0.254 e. The lowest BCUT2D eigenvalue weighted by molar-refractivity contribution is -0.121. The van der Waals surface area contributed by atoms with Crippen LogP contribution < -0.4 is 11.1 Å². The molecule has 0 radical (unpaired) electrons. The molecule has 1 aromatic carbocycles. The molecule has 3 N–H and O–H groups in total. The first-order chi connectivity index (χ1) is 12.1. The molecule has 0 spiro atoms. The van der Waals surface area contributed by atoms with Crippen molar-refractivity contribution in [2.75, 3.05) is 31.6 Å². The highest BCUT2D eigenvalue weighted by Crippen LogP contribution is 2.47. The van der Waals surface area contributed by atoms with Crippen LogP contribution in [0.2, 0.25) is 0 Å². The van der Waals surface area contributed by atoms with E-state index in [0.29, 0.717) is 43.7 Å². The number of fused-ring (bicyclic) bond motifs is 2. The molecule has 3 aliphatic rings. The van der Waals surface area contributed by atoms with Crippen LogP contribution in [0.5, 0.6) is 0 Å². The Morgan fingerprint density at radius 2 is 1.73 bits per heavy atom. The highest BCUT2D eigenvalue weighted by atomic mass is 35.5. The first kappa shape index (κ1) is 19.1. The van der Waals surface area contributed by atoms with Crippen molar-refractivity contribution >= 4 is 29.9 Å². The van der Waals surface area contributed by atoms with Gasteiger partial charge in [-0.25, -0.2) is 0 Å². The summed E-state index contributed by atoms with van der Waals surface area (Å²) < 4.78 is 5.28. The van der Waals surface area contributed by atoms with E-state index in [9.17, 15) is 9.59 Å². The quantitative estimate of drug-likeness (QED) is 0.839. The molecular weight excluding hydrogens is 354 g/mol. The molecule has 1 saturated heterocycles. The summed E-state index contributed by atoms with van der Waals surface area (Å²) in [4.78, 5) is 26.8. The fourth-order valence-electron chi connectivity index (χ4n) is 4.60. The number of hydrogen-bond donors (Lipinski definition) is 2. The lowest BCUT2D eigenvalue weighted by atomic mass is 9.84. The summed E-state index contributed by atoms with van der Waals surface area (Å²) in [6, 6.07) is 7.12. The van der Waals surface area contributed by atoms with Crippen LogP contribution in [-0.2, 0) is 9.53 Å². The molecule has 3 fully saturated rings. The maximum absolute atomic E-state index is 12.6. The lowest BCUT2D eigenvalue weighted by Crippen LogP contribution is -2.42. The standard InChI is InChI=1S/C19H25N3O3.ClH/c20-17-14-2-1-13(11-14)16(17)18(23)21-15-5-3-12(4-6-15)19(24)22-7-9-25-10-8-22;/h3-6,13-14,16-17H,1-2,7-11,20H2,(H,21,23);1H. The summed E-state index contributed by atoms with van der Waals surface area (Å²) in [5.74, 6) is 0.896. The lowest BCUT2D eigenvalue weighted by Gasteiger charge is -2.27. The molecule has 2 saturated carbocycles. The number of nitrogens with zero attached hydrogens (tertiary/aromatic N) is 1. The first-order valence-electron chi connectivity index (χ1n) is 9.17. The third-order valence-corrected chi connectivity index (χ3v) is 5.98. The first-order valence-corrected chi connectivity index (χ1v) is 9.17. The molecule has 6 nitrogen and oxygen atoms in total. The van der Waals surface area contributed by atoms with Gasteiger partial charge in [-0.1, -0.05) is 0 Å². The summed E-state index contributed by atoms with van der Waals surface area (Å²) in [5.41, 5.74) is 7.60. The van der Waals surface area contributed by atoms with Crippen molar-refractivity contribution < 1.29 is 14.3 Å². The Balaban J connectivity index is 0.00000196. The Morgan fingerprint density at radius 1 is 1.08 bits per heavy atom. The zero-order chi connectivity index (χ0) is 17.4. The van der Waals surface area contributed by atoms with Gasteiger partial charge in [0, 0.05) is 30.4 Å². The van der Waals surface area contributed by atoms with Crippen molar-refractivity contribution in [3.8, 4) is 0 Å². The minimum atomic E-state index is -0.0755. The summed E-state index contributed by atoms with van der Waals surface area (Å²) >= 11 is 0. The van der Waals surface area contributed by atoms with Crippen LogP contribution in [0.4, 0.5) is 5.69 Å². The smallest absolute Gasteiger partial charge is 0.254 e. The highest BCUT2D eigenvalue weighted by Gasteiger charge is 2.49. The van der Waals surface area contributed by atoms with Crippen LogP contribution in [0.15, 0.2) is 24.3 Å². The van der Waals surface area contributed by atoms with Gasteiger partial charge in [0.2, 0.25) is 5.91 Å². The molecule has 4 unspecified atom stereocenters. The number of ether oxygens (including phenoxy) is 1. The Morgan fingerprint density at radius 3 is 2.35 bits per heavy atom. The van der Waals surface area contributed by atoms with E-state index < -0.39 is 0 Å². The minimum Gasteiger partial charge on any atom is -0.378 e. The normalized spacial score (nSPS) is 30.0. The second kappa shape index (κ2) is 7.94. The van der Waals surface area contributed by atoms with Crippen molar-refractivity contribution in [3.05, 3.63) is 29.8 Å². The zero-order valence-electron chi connectivity index (χ0n) is 14.7. The minimum absolute atomic E-state index is 0. The van der Waals surface area contributed by atoms with E-state index in [2.05, 4.69) is 5.32 Å². The third-order valence-electron chi connectivity index (χ3n) is 5.98. The number of carbonyl (C=O) groups is 2. The number of carbonyl (C=O) groups excluding carboxylic acids is 2. The molecule has 4 rings (SSSR count). The van der Waals surface area contributed by atoms with Gasteiger partial charge in [-0.05, 0) is 55.4 Å². The van der Waals surface area contributed by atoms with Gasteiger partial charge in [0.15, 0.2) is 0 Å². The number of halogens is 1. The fraction of sp³-hybridized carbons (Fsp3) is 0.579. The molecule has 26 heavy (non-hydrogen) atoms. The number of nitrogens with one attached hydrogen (secondary N) is 1. The summed E-state index contributed by atoms with van der Waals surface area (Å²) in [6.45, 7) is 2.42. The van der Waals surface area contributed by atoms with Crippen LogP contribution in [0, 0.1) is 17.8 Å². The van der Waals surface area contributed by atoms with E-state index in [1.54, 1.807) is 29.2 Å². The van der Waals surface area contributed by atoms with Gasteiger partial charge in [-0.3, -0.25) is 9.59 Å². The molecule has 2 bridgehead atoms. The van der Waals surface area contributed by atoms with E-state index >= 15 is 0 Å². The third kappa shape index (κ3) is 3.59. The summed E-state index contributed by atoms with van der Waals surface area (Å²) in [7, 11) is 0. The molecule has 7 heteroatoms. The van der Waals surface area contributed by atoms with E-state index in [0.717, 1.165) is 24.9 Å². The predicted octanol–water partition coefficient (Wildman–Crippen LogP) is 1.89. The molecule has 1 aliphatic heterocycles. The number of nitrogens with two attached hydrogens (primary N) is 1. The average Bonchev–Trinajstić information content (AvgIpc) is 3.23. The van der Waals surface area contributed by atoms with Crippen molar-refractivity contribution in [3.63, 3.8) is 0 Å². The molecule has 2 aliphatic carbocycles. The largest absolute Gasteiger partial charge is 0.378 e. The van der Waals surface area contributed by atoms with E-state index in [4.69, 9.17) is 10.5 Å². The Labute approximate surface area is 159 Å². The monoisotopic (exact) mass is 379 g/mol. The number of rotatable bonds is 3. The van der Waals surface area contributed by atoms with Crippen molar-refractivity contribution in [2.24, 2.45) is 23.5 Å². The van der Waals surface area contributed by atoms with Crippen molar-refractivity contribution in [1.29, 1.82) is 0 Å². The topological polar surface area (TPSA) is 84.7 Å². The van der Waals surface area contributed by atoms with Crippen molar-refractivity contribution in [2.45, 2.75) is 25.3 Å². The number of benzene rings is 1. The summed E-state index contributed by atoms with van der Waals surface area (Å²) in [6.07, 6.45) is 3.36. The van der Waals surface area contributed by atoms with Crippen LogP contribution in [0.3, 0.4) is 0 Å². The van der Waals surface area contributed by atoms with E-state index in [1.807, 2.05) is 0 Å². The summed E-state index contributed by atoms with van der Waals surface area (Å²) in [5, 5.41) is 2.98. The SMILES string of the molecule is Cl.NC1C2CCC(C2)C1C(=O)Nc1ccc(C(=O)N2CCOCC2)cc1. The number of anilines is 1. The van der Waals surface area contributed by atoms with Gasteiger partial charge >= 0.3 is 0 Å². The second-order valence-electron chi connectivity index (χ2n) is 7.41. The van der Waals surface area contributed by atoms with E-state index in [-0.39, 0.29) is 36.2 Å². The Bertz CT molecular complexity index is 658. The predicted molar refractivity (Wildman–Crippen MR) is 101 cm³/mol. The van der Waals surface area contributed by atoms with Gasteiger partial charge in [0.05, 0.1) is 19.1 Å². The van der Waals surface area contributed by atoms with Crippen LogP contribution >= 0.6 is 12.4 Å². The van der Waals surface area contributed by atoms with Crippen LogP contribution in [0.1, 0.15) is 29.6 Å². The zero-order valence-corrected chi connectivity index (χ0v) is 15.5. The second-order valence-corrected chi connectivity index (χ2v) is 7.41. The van der Waals surface area contributed by atoms with Gasteiger partial charge in [-0.15, -0.1) is 12.4 Å². The van der Waals surface area contributed by atoms with Crippen LogP contribution in [0.25, 0.3) is 0 Å². The van der Waals surface area contributed by atoms with Gasteiger partial charge in [-0.2, -0.15) is 0 Å². The van der Waals surface area contributed by atoms with Gasteiger partial charge in [0.25, 0.3) is 5.91 Å². The highest BCUT2D eigenvalue weighted by molar-refractivity contribution is 5.96. The molecule has 1 aromatic rings. The Kier molecular flexibility index (Phi) is 5.85. The Hall–Kier alpha value is -1.63. The fourth-order valence-corrected chi connectivity index (χ4v) is 4.60. The molecular formula is C19H26ClN3O3. The molecule has 0 aromatic heterocycles. The average molecular weight is 380 g/mol. The molecule has 142 valence electrons. The molecule has 4 atom stereocenters. The van der Waals surface area contributed by atoms with Gasteiger partial charge in [0.1, 0.15) is 0 Å². The molecule has 1 heterocycles. The number of amides is 2. The van der Waals surface area contributed by atoms with Crippen LogP contribution in [-0.4, -0.2) is 49.1 Å². The molecule has 2 amide bonds. The van der Waals surface area contributed by atoms with Gasteiger partial charge < -0.3 is 20.7 Å². The van der Waals surface area contributed by atoms with Crippen molar-refractivity contribution in [1.82, 2.24) is 4.90 Å². The number of morpholine rings is 1.